The highest BCUT2D eigenvalue weighted by Crippen LogP contribution is 2.32. The summed E-state index contributed by atoms with van der Waals surface area (Å²) in [5.41, 5.74) is 1.14. The number of benzene rings is 1. The van der Waals surface area contributed by atoms with Crippen molar-refractivity contribution in [1.82, 2.24) is 0 Å². The zero-order chi connectivity index (χ0) is 15.6. The van der Waals surface area contributed by atoms with Crippen molar-refractivity contribution in [3.8, 4) is 5.75 Å². The molecule has 0 saturated carbocycles. The molecule has 0 bridgehead atoms. The van der Waals surface area contributed by atoms with Crippen molar-refractivity contribution in [2.75, 3.05) is 7.11 Å². The summed E-state index contributed by atoms with van der Waals surface area (Å²) in [5.74, 6) is 0.390. The minimum absolute atomic E-state index is 0.0214. The number of hydrogen-bond donors (Lipinski definition) is 0. The number of fused-ring (bicyclic) bond motifs is 1. The van der Waals surface area contributed by atoms with Gasteiger partial charge >= 0.3 is 0 Å². The zero-order valence-corrected chi connectivity index (χ0v) is 12.9. The maximum Gasteiger partial charge on any atom is 0.189 e. The van der Waals surface area contributed by atoms with Gasteiger partial charge in [-0.05, 0) is 38.8 Å². The van der Waals surface area contributed by atoms with Crippen LogP contribution in [0.2, 0.25) is 0 Å². The van der Waals surface area contributed by atoms with Crippen molar-refractivity contribution >= 4 is 5.78 Å². The monoisotopic (exact) mass is 292 g/mol. The Kier molecular flexibility index (Phi) is 4.66. The molecule has 2 rings (SSSR count). The van der Waals surface area contributed by atoms with Gasteiger partial charge in [0.25, 0.3) is 0 Å². The molecule has 1 atom stereocenters. The maximum absolute atomic E-state index is 13.8. The molecule has 0 radical (unpaired) electrons. The van der Waals surface area contributed by atoms with Gasteiger partial charge in [0.2, 0.25) is 0 Å². The van der Waals surface area contributed by atoms with Crippen LogP contribution in [0.15, 0.2) is 24.0 Å². The maximum atomic E-state index is 13.8. The molecule has 0 aromatic heterocycles. The van der Waals surface area contributed by atoms with E-state index < -0.39 is 5.82 Å². The lowest BCUT2D eigenvalue weighted by molar-refractivity contribution is 0.0990. The number of halogens is 1. The van der Waals surface area contributed by atoms with E-state index in [2.05, 4.69) is 0 Å². The van der Waals surface area contributed by atoms with Crippen LogP contribution in [0.4, 0.5) is 4.39 Å². The Morgan fingerprint density at radius 3 is 2.67 bits per heavy atom. The molecule has 0 aliphatic heterocycles. The third kappa shape index (κ3) is 3.26. The summed E-state index contributed by atoms with van der Waals surface area (Å²) < 4.78 is 24.7. The topological polar surface area (TPSA) is 35.5 Å². The minimum Gasteiger partial charge on any atom is -0.495 e. The number of carbonyl (C=O) groups is 1. The molecule has 0 amide bonds. The fourth-order valence-electron chi connectivity index (χ4n) is 2.57. The van der Waals surface area contributed by atoms with E-state index in [1.165, 1.54) is 25.3 Å². The molecule has 0 spiro atoms. The van der Waals surface area contributed by atoms with E-state index in [0.717, 1.165) is 6.42 Å². The largest absolute Gasteiger partial charge is 0.495 e. The Labute approximate surface area is 124 Å². The molecule has 1 aliphatic carbocycles. The molecule has 1 aliphatic rings. The first-order valence-corrected chi connectivity index (χ1v) is 7.22. The summed E-state index contributed by atoms with van der Waals surface area (Å²) >= 11 is 0. The van der Waals surface area contributed by atoms with Crippen LogP contribution in [-0.4, -0.2) is 19.0 Å². The number of hydrogen-bond acceptors (Lipinski definition) is 3. The van der Waals surface area contributed by atoms with E-state index in [1.54, 1.807) is 0 Å². The van der Waals surface area contributed by atoms with Gasteiger partial charge in [0.1, 0.15) is 5.76 Å². The fraction of sp³-hybridized carbons (Fsp3) is 0.471. The fourth-order valence-corrected chi connectivity index (χ4v) is 2.57. The van der Waals surface area contributed by atoms with Gasteiger partial charge in [-0.2, -0.15) is 0 Å². The lowest BCUT2D eigenvalue weighted by Gasteiger charge is -2.23. The molecular formula is C17H21FO3. The second-order valence-corrected chi connectivity index (χ2v) is 5.62. The highest BCUT2D eigenvalue weighted by molar-refractivity contribution is 6.06. The van der Waals surface area contributed by atoms with E-state index >= 15 is 0 Å². The van der Waals surface area contributed by atoms with Gasteiger partial charge in [0, 0.05) is 23.1 Å². The first-order valence-electron chi connectivity index (χ1n) is 7.22. The van der Waals surface area contributed by atoms with E-state index in [0.29, 0.717) is 23.3 Å². The predicted octanol–water partition coefficient (Wildman–Crippen LogP) is 3.91. The van der Waals surface area contributed by atoms with Gasteiger partial charge in [-0.1, -0.05) is 6.92 Å². The first kappa shape index (κ1) is 15.5. The van der Waals surface area contributed by atoms with Crippen LogP contribution in [0.1, 0.15) is 43.1 Å². The van der Waals surface area contributed by atoms with Crippen LogP contribution in [-0.2, 0) is 11.2 Å². The van der Waals surface area contributed by atoms with Crippen LogP contribution in [0, 0.1) is 11.7 Å². The molecule has 1 aromatic carbocycles. The zero-order valence-electron chi connectivity index (χ0n) is 12.9. The summed E-state index contributed by atoms with van der Waals surface area (Å²) in [6.45, 7) is 5.88. The van der Waals surface area contributed by atoms with Crippen LogP contribution < -0.4 is 4.74 Å². The summed E-state index contributed by atoms with van der Waals surface area (Å²) in [6, 6.07) is 2.80. The second kappa shape index (κ2) is 6.29. The number of carbonyl (C=O) groups excluding carboxylic acids is 1. The van der Waals surface area contributed by atoms with Crippen LogP contribution >= 0.6 is 0 Å². The van der Waals surface area contributed by atoms with Crippen molar-refractivity contribution in [2.45, 2.75) is 39.7 Å². The quantitative estimate of drug-likeness (QED) is 0.847. The summed E-state index contributed by atoms with van der Waals surface area (Å²) in [7, 11) is 1.43. The summed E-state index contributed by atoms with van der Waals surface area (Å²) in [5, 5.41) is 0. The molecule has 114 valence electrons. The smallest absolute Gasteiger partial charge is 0.189 e. The number of ether oxygens (including phenoxy) is 2. The third-order valence-corrected chi connectivity index (χ3v) is 3.64. The lowest BCUT2D eigenvalue weighted by atomic mass is 9.90. The number of rotatable bonds is 3. The van der Waals surface area contributed by atoms with Gasteiger partial charge in [-0.25, -0.2) is 4.39 Å². The predicted molar refractivity (Wildman–Crippen MR) is 79.1 cm³/mol. The molecule has 0 fully saturated rings. The standard InChI is InChI=1S/C17H21FO3/c1-10(2)21-16-9-15(19)12-7-8-14(18)17(20-4)13(12)6-5-11(16)3/h7-11H,5-6H2,1-4H3/b16-9+. The molecule has 0 heterocycles. The average molecular weight is 292 g/mol. The highest BCUT2D eigenvalue weighted by atomic mass is 19.1. The number of methoxy groups -OCH3 is 1. The summed E-state index contributed by atoms with van der Waals surface area (Å²) in [6.07, 6.45) is 2.91. The second-order valence-electron chi connectivity index (χ2n) is 5.62. The van der Waals surface area contributed by atoms with E-state index in [4.69, 9.17) is 9.47 Å². The molecule has 1 unspecified atom stereocenters. The van der Waals surface area contributed by atoms with Crippen molar-refractivity contribution < 1.29 is 18.7 Å². The normalized spacial score (nSPS) is 21.1. The Bertz CT molecular complexity index is 576. The van der Waals surface area contributed by atoms with Gasteiger partial charge < -0.3 is 9.47 Å². The van der Waals surface area contributed by atoms with E-state index in [9.17, 15) is 9.18 Å². The van der Waals surface area contributed by atoms with Crippen LogP contribution in [0.5, 0.6) is 5.75 Å². The number of ketones is 1. The van der Waals surface area contributed by atoms with Crippen LogP contribution in [0.25, 0.3) is 0 Å². The molecule has 1 aromatic rings. The Morgan fingerprint density at radius 2 is 2.05 bits per heavy atom. The van der Waals surface area contributed by atoms with Crippen LogP contribution in [0.3, 0.4) is 0 Å². The van der Waals surface area contributed by atoms with E-state index in [-0.39, 0.29) is 23.6 Å². The molecule has 21 heavy (non-hydrogen) atoms. The van der Waals surface area contributed by atoms with Gasteiger partial charge in [-0.3, -0.25) is 4.79 Å². The SMILES string of the molecule is COc1c(F)ccc2c1CCC(C)/C(OC(C)C)=C\C2=O. The van der Waals surface area contributed by atoms with Gasteiger partial charge in [0.15, 0.2) is 17.3 Å². The summed E-state index contributed by atoms with van der Waals surface area (Å²) in [4.78, 5) is 12.4. The molecular weight excluding hydrogens is 271 g/mol. The Morgan fingerprint density at radius 1 is 1.33 bits per heavy atom. The Hall–Kier alpha value is -1.84. The van der Waals surface area contributed by atoms with Gasteiger partial charge in [0.05, 0.1) is 13.2 Å². The van der Waals surface area contributed by atoms with Crippen molar-refractivity contribution in [3.05, 3.63) is 40.9 Å². The first-order chi connectivity index (χ1) is 9.93. The molecule has 0 N–H and O–H groups in total. The average Bonchev–Trinajstić information content (AvgIpc) is 2.42. The van der Waals surface area contributed by atoms with Crippen molar-refractivity contribution in [2.24, 2.45) is 5.92 Å². The van der Waals surface area contributed by atoms with Crippen molar-refractivity contribution in [1.29, 1.82) is 0 Å². The highest BCUT2D eigenvalue weighted by Gasteiger charge is 2.24. The number of allylic oxidation sites excluding steroid dienone is 2. The third-order valence-electron chi connectivity index (χ3n) is 3.64. The van der Waals surface area contributed by atoms with Crippen molar-refractivity contribution in [3.63, 3.8) is 0 Å². The molecule has 4 heteroatoms. The van der Waals surface area contributed by atoms with E-state index in [1.807, 2.05) is 20.8 Å². The molecule has 3 nitrogen and oxygen atoms in total. The Balaban J connectivity index is 2.48. The lowest BCUT2D eigenvalue weighted by Crippen LogP contribution is -2.16. The minimum atomic E-state index is -0.431. The van der Waals surface area contributed by atoms with Gasteiger partial charge in [-0.15, -0.1) is 0 Å². The molecule has 0 saturated heterocycles.